The number of nitrogens with one attached hydrogen (secondary N) is 1. The highest BCUT2D eigenvalue weighted by molar-refractivity contribution is 5.97. The third kappa shape index (κ3) is 7.97. The number of alkyl halides is 3. The molecule has 46 heavy (non-hydrogen) atoms. The number of carbonyl (C=O) groups excluding carboxylic acids is 1. The molecule has 242 valence electrons. The number of benzene rings is 3. The van der Waals surface area contributed by atoms with E-state index in [9.17, 15) is 18.0 Å². The first-order valence-electron chi connectivity index (χ1n) is 15.9. The minimum Gasteiger partial charge on any atom is -0.485 e. The maximum absolute atomic E-state index is 13.3. The van der Waals surface area contributed by atoms with Gasteiger partial charge in [0.05, 0.1) is 5.56 Å². The van der Waals surface area contributed by atoms with Crippen LogP contribution >= 0.6 is 0 Å². The van der Waals surface area contributed by atoms with Crippen molar-refractivity contribution in [3.8, 4) is 16.9 Å². The van der Waals surface area contributed by atoms with E-state index in [1.165, 1.54) is 0 Å². The Labute approximate surface area is 269 Å². The maximum atomic E-state index is 13.3. The molecule has 1 saturated heterocycles. The Balaban J connectivity index is 1.18. The van der Waals surface area contributed by atoms with Crippen molar-refractivity contribution in [2.75, 3.05) is 19.6 Å². The average molecular weight is 630 g/mol. The van der Waals surface area contributed by atoms with Crippen molar-refractivity contribution in [1.29, 1.82) is 0 Å². The number of piperidine rings is 1. The van der Waals surface area contributed by atoms with Crippen LogP contribution in [0.4, 0.5) is 13.2 Å². The normalized spacial score (nSPS) is 15.7. The van der Waals surface area contributed by atoms with E-state index in [4.69, 9.17) is 4.74 Å². The molecule has 1 N–H and O–H groups in total. The molecule has 2 heterocycles. The minimum absolute atomic E-state index is 0.0603. The lowest BCUT2D eigenvalue weighted by Crippen LogP contribution is -2.43. The summed E-state index contributed by atoms with van der Waals surface area (Å²) in [6.45, 7) is 10.4. The van der Waals surface area contributed by atoms with Gasteiger partial charge in [0.15, 0.2) is 0 Å². The molecule has 5 rings (SSSR count). The molecule has 8 heteroatoms. The summed E-state index contributed by atoms with van der Waals surface area (Å²) in [7, 11) is 0. The number of aromatic nitrogens is 1. The molecule has 5 nitrogen and oxygen atoms in total. The van der Waals surface area contributed by atoms with Crippen LogP contribution < -0.4 is 10.1 Å². The van der Waals surface area contributed by atoms with E-state index in [0.717, 1.165) is 83.6 Å². The number of hydrogen-bond acceptors (Lipinski definition) is 4. The Morgan fingerprint density at radius 2 is 1.54 bits per heavy atom. The van der Waals surface area contributed by atoms with Gasteiger partial charge in [0.2, 0.25) is 0 Å². The van der Waals surface area contributed by atoms with E-state index in [1.54, 1.807) is 24.5 Å². The van der Waals surface area contributed by atoms with Gasteiger partial charge >= 0.3 is 6.18 Å². The number of amides is 1. The van der Waals surface area contributed by atoms with Crippen LogP contribution in [0.15, 0.2) is 85.2 Å². The average Bonchev–Trinajstić information content (AvgIpc) is 3.04. The maximum Gasteiger partial charge on any atom is 0.416 e. The number of pyridine rings is 1. The fourth-order valence-electron chi connectivity index (χ4n) is 6.48. The Kier molecular flexibility index (Phi) is 10.5. The molecule has 0 saturated carbocycles. The second-order valence-corrected chi connectivity index (χ2v) is 12.4. The monoisotopic (exact) mass is 629 g/mol. The second-order valence-electron chi connectivity index (χ2n) is 12.4. The molecule has 0 radical (unpaired) electrons. The summed E-state index contributed by atoms with van der Waals surface area (Å²) in [6.07, 6.45) is 1.33. The highest BCUT2D eigenvalue weighted by Gasteiger charge is 2.33. The standard InChI is InChI=1S/C38H42F3N3O2/c1-25-7-5-6-8-34(25)46-36(30-9-11-33(12-10-30)38(39,40)41)31-16-21-44(22-17-31)28(4)13-20-43-37(45)35-26(2)23-32(24-27(35)3)29-14-18-42-19-15-29/h5-12,14-15,18-19,23-24,28,31,36H,13,16-17,20-22H2,1-4H3,(H,43,45). The zero-order valence-electron chi connectivity index (χ0n) is 26.9. The summed E-state index contributed by atoms with van der Waals surface area (Å²) in [6, 6.07) is 21.4. The number of rotatable bonds is 10. The lowest BCUT2D eigenvalue weighted by atomic mass is 9.86. The van der Waals surface area contributed by atoms with Gasteiger partial charge in [-0.25, -0.2) is 0 Å². The Hall–Kier alpha value is -4.17. The molecule has 1 fully saturated rings. The predicted octanol–water partition coefficient (Wildman–Crippen LogP) is 8.73. The minimum atomic E-state index is -4.38. The molecule has 2 unspecified atom stereocenters. The van der Waals surface area contributed by atoms with E-state index < -0.39 is 11.7 Å². The Morgan fingerprint density at radius 3 is 2.15 bits per heavy atom. The van der Waals surface area contributed by atoms with E-state index in [0.29, 0.717) is 12.1 Å². The van der Waals surface area contributed by atoms with Gasteiger partial charge in [-0.1, -0.05) is 42.5 Å². The van der Waals surface area contributed by atoms with E-state index in [-0.39, 0.29) is 24.0 Å². The van der Waals surface area contributed by atoms with Crippen molar-refractivity contribution in [2.24, 2.45) is 5.92 Å². The summed E-state index contributed by atoms with van der Waals surface area (Å²) < 4.78 is 46.3. The van der Waals surface area contributed by atoms with Gasteiger partial charge in [0.1, 0.15) is 11.9 Å². The fourth-order valence-corrected chi connectivity index (χ4v) is 6.48. The van der Waals surface area contributed by atoms with Crippen LogP contribution in [0.2, 0.25) is 0 Å². The molecule has 1 aliphatic heterocycles. The highest BCUT2D eigenvalue weighted by Crippen LogP contribution is 2.38. The topological polar surface area (TPSA) is 54.5 Å². The Morgan fingerprint density at radius 1 is 0.913 bits per heavy atom. The summed E-state index contributed by atoms with van der Waals surface area (Å²) in [5.41, 5.74) is 5.81. The van der Waals surface area contributed by atoms with Crippen LogP contribution in [-0.2, 0) is 6.18 Å². The highest BCUT2D eigenvalue weighted by atomic mass is 19.4. The first-order valence-corrected chi connectivity index (χ1v) is 15.9. The Bertz CT molecular complexity index is 1590. The predicted molar refractivity (Wildman–Crippen MR) is 176 cm³/mol. The van der Waals surface area contributed by atoms with Crippen LogP contribution in [0.5, 0.6) is 5.75 Å². The van der Waals surface area contributed by atoms with Gasteiger partial charge < -0.3 is 15.0 Å². The van der Waals surface area contributed by atoms with Crippen LogP contribution in [-0.4, -0.2) is 41.5 Å². The second kappa shape index (κ2) is 14.5. The summed E-state index contributed by atoms with van der Waals surface area (Å²) >= 11 is 0. The number of halogens is 3. The molecule has 1 amide bonds. The van der Waals surface area contributed by atoms with E-state index >= 15 is 0 Å². The summed E-state index contributed by atoms with van der Waals surface area (Å²) in [5.74, 6) is 0.840. The molecule has 0 bridgehead atoms. The van der Waals surface area contributed by atoms with Crippen molar-refractivity contribution in [3.63, 3.8) is 0 Å². The van der Waals surface area contributed by atoms with Crippen LogP contribution in [0, 0.1) is 26.7 Å². The summed E-state index contributed by atoms with van der Waals surface area (Å²) in [4.78, 5) is 19.7. The third-order valence-corrected chi connectivity index (χ3v) is 9.16. The number of carbonyl (C=O) groups is 1. The molecular formula is C38H42F3N3O2. The van der Waals surface area contributed by atoms with Gasteiger partial charge in [-0.15, -0.1) is 0 Å². The van der Waals surface area contributed by atoms with Crippen molar-refractivity contribution in [1.82, 2.24) is 15.2 Å². The molecule has 1 aliphatic rings. The zero-order valence-corrected chi connectivity index (χ0v) is 26.9. The molecular weight excluding hydrogens is 587 g/mol. The SMILES string of the molecule is Cc1ccccc1OC(c1ccc(C(F)(F)F)cc1)C1CCN(C(C)CCNC(=O)c2c(C)cc(-c3ccncc3)cc2C)CC1. The largest absolute Gasteiger partial charge is 0.485 e. The van der Waals surface area contributed by atoms with Crippen molar-refractivity contribution >= 4 is 5.91 Å². The van der Waals surface area contributed by atoms with Gasteiger partial charge in [-0.3, -0.25) is 9.78 Å². The number of likely N-dealkylation sites (tertiary alicyclic amines) is 1. The molecule has 1 aromatic heterocycles. The molecule has 0 spiro atoms. The molecule has 3 aromatic carbocycles. The lowest BCUT2D eigenvalue weighted by Gasteiger charge is -2.39. The van der Waals surface area contributed by atoms with Gasteiger partial charge in [-0.05, 0) is 124 Å². The molecule has 2 atom stereocenters. The van der Waals surface area contributed by atoms with Crippen LogP contribution in [0.1, 0.15) is 70.5 Å². The van der Waals surface area contributed by atoms with Gasteiger partial charge in [0.25, 0.3) is 5.91 Å². The van der Waals surface area contributed by atoms with E-state index in [2.05, 4.69) is 22.1 Å². The van der Waals surface area contributed by atoms with Gasteiger partial charge in [-0.2, -0.15) is 13.2 Å². The van der Waals surface area contributed by atoms with Gasteiger partial charge in [0, 0.05) is 36.5 Å². The van der Waals surface area contributed by atoms with Crippen molar-refractivity contribution < 1.29 is 22.7 Å². The van der Waals surface area contributed by atoms with E-state index in [1.807, 2.05) is 69.3 Å². The zero-order chi connectivity index (χ0) is 32.8. The third-order valence-electron chi connectivity index (χ3n) is 9.16. The first-order chi connectivity index (χ1) is 22.0. The molecule has 4 aromatic rings. The molecule has 0 aliphatic carbocycles. The summed E-state index contributed by atoms with van der Waals surface area (Å²) in [5, 5.41) is 3.13. The number of hydrogen-bond donors (Lipinski definition) is 1. The van der Waals surface area contributed by atoms with Crippen LogP contribution in [0.3, 0.4) is 0 Å². The smallest absolute Gasteiger partial charge is 0.416 e. The first kappa shape index (κ1) is 33.2. The van der Waals surface area contributed by atoms with Crippen LogP contribution in [0.25, 0.3) is 11.1 Å². The van der Waals surface area contributed by atoms with Crippen molar-refractivity contribution in [2.45, 2.75) is 65.3 Å². The number of ether oxygens (including phenoxy) is 1. The fraction of sp³-hybridized carbons (Fsp3) is 0.368. The number of aryl methyl sites for hydroxylation is 3. The number of para-hydroxylation sites is 1. The quantitative estimate of drug-likeness (QED) is 0.191. The number of nitrogens with zero attached hydrogens (tertiary/aromatic N) is 2. The lowest BCUT2D eigenvalue weighted by molar-refractivity contribution is -0.137. The van der Waals surface area contributed by atoms with Crippen molar-refractivity contribution in [3.05, 3.63) is 119 Å².